The van der Waals surface area contributed by atoms with Gasteiger partial charge >= 0.3 is 0 Å². The summed E-state index contributed by atoms with van der Waals surface area (Å²) in [5.41, 5.74) is 7.62. The number of sulfonamides is 1. The fourth-order valence-electron chi connectivity index (χ4n) is 1.99. The van der Waals surface area contributed by atoms with Gasteiger partial charge in [-0.05, 0) is 31.4 Å². The molecular formula is C14H19N3O2S2. The fraction of sp³-hybridized carbons (Fsp3) is 0.357. The number of aryl methyl sites for hydroxylation is 3. The van der Waals surface area contributed by atoms with E-state index < -0.39 is 10.0 Å². The van der Waals surface area contributed by atoms with Gasteiger partial charge in [0, 0.05) is 11.1 Å². The summed E-state index contributed by atoms with van der Waals surface area (Å²) in [6.07, 6.45) is 2.68. The highest BCUT2D eigenvalue weighted by Gasteiger charge is 2.21. The first-order valence-corrected chi connectivity index (χ1v) is 8.94. The van der Waals surface area contributed by atoms with Crippen LogP contribution in [0.1, 0.15) is 27.9 Å². The Morgan fingerprint density at radius 2 is 1.95 bits per heavy atom. The zero-order chi connectivity index (χ0) is 15.6. The molecule has 0 atom stereocenters. The minimum atomic E-state index is -3.65. The van der Waals surface area contributed by atoms with Crippen LogP contribution in [-0.4, -0.2) is 13.4 Å². The molecule has 0 fully saturated rings. The van der Waals surface area contributed by atoms with Crippen molar-refractivity contribution < 1.29 is 8.42 Å². The van der Waals surface area contributed by atoms with Gasteiger partial charge in [-0.1, -0.05) is 19.1 Å². The molecule has 1 aromatic carbocycles. The van der Waals surface area contributed by atoms with Gasteiger partial charge in [0.05, 0.1) is 12.2 Å². The predicted molar refractivity (Wildman–Crippen MR) is 85.8 cm³/mol. The van der Waals surface area contributed by atoms with Gasteiger partial charge < -0.3 is 5.73 Å². The van der Waals surface area contributed by atoms with Gasteiger partial charge in [0.2, 0.25) is 10.0 Å². The highest BCUT2D eigenvalue weighted by Crippen LogP contribution is 2.26. The lowest BCUT2D eigenvalue weighted by molar-refractivity contribution is 0.581. The number of hydrogen-bond acceptors (Lipinski definition) is 5. The first-order chi connectivity index (χ1) is 9.85. The standard InChI is InChI=1S/C14H19N3O2S2/c1-4-11-7-16-12(20-11)8-17-21(18,19)14-10(3)6-5-9(2)13(14)15/h5-7,17H,4,8,15H2,1-3H3. The van der Waals surface area contributed by atoms with Gasteiger partial charge in [-0.2, -0.15) is 0 Å². The SMILES string of the molecule is CCc1cnc(CNS(=O)(=O)c2c(C)ccc(C)c2N)s1. The maximum atomic E-state index is 12.5. The Bertz CT molecular complexity index is 752. The first kappa shape index (κ1) is 15.9. The van der Waals surface area contributed by atoms with Crippen LogP contribution in [-0.2, 0) is 23.0 Å². The number of nitrogens with zero attached hydrogens (tertiary/aromatic N) is 1. The number of thiazole rings is 1. The molecule has 0 radical (unpaired) electrons. The normalized spacial score (nSPS) is 11.8. The molecule has 3 N–H and O–H groups in total. The van der Waals surface area contributed by atoms with Crippen molar-refractivity contribution in [3.63, 3.8) is 0 Å². The Balaban J connectivity index is 2.25. The molecule has 7 heteroatoms. The zero-order valence-electron chi connectivity index (χ0n) is 12.3. The van der Waals surface area contributed by atoms with Crippen molar-refractivity contribution in [3.05, 3.63) is 39.3 Å². The van der Waals surface area contributed by atoms with E-state index in [1.54, 1.807) is 26.1 Å². The second-order valence-corrected chi connectivity index (χ2v) is 7.74. The van der Waals surface area contributed by atoms with Gasteiger partial charge in [0.15, 0.2) is 0 Å². The van der Waals surface area contributed by atoms with Gasteiger partial charge in [-0.15, -0.1) is 11.3 Å². The Kier molecular flexibility index (Phi) is 4.65. The lowest BCUT2D eigenvalue weighted by Gasteiger charge is -2.13. The maximum Gasteiger partial charge on any atom is 0.243 e. The topological polar surface area (TPSA) is 85.1 Å². The number of nitrogens with two attached hydrogens (primary N) is 1. The van der Waals surface area contributed by atoms with E-state index >= 15 is 0 Å². The molecule has 0 spiro atoms. The van der Waals surface area contributed by atoms with Crippen LogP contribution in [0.2, 0.25) is 0 Å². The van der Waals surface area contributed by atoms with Crippen LogP contribution in [0.3, 0.4) is 0 Å². The fourth-order valence-corrected chi connectivity index (χ4v) is 4.29. The molecule has 114 valence electrons. The maximum absolute atomic E-state index is 12.5. The summed E-state index contributed by atoms with van der Waals surface area (Å²) in [6.45, 7) is 5.75. The van der Waals surface area contributed by atoms with E-state index in [1.807, 2.05) is 13.0 Å². The highest BCUT2D eigenvalue weighted by molar-refractivity contribution is 7.89. The van der Waals surface area contributed by atoms with Crippen molar-refractivity contribution in [2.24, 2.45) is 0 Å². The first-order valence-electron chi connectivity index (χ1n) is 6.64. The van der Waals surface area contributed by atoms with Crippen LogP contribution in [0.25, 0.3) is 0 Å². The molecular weight excluding hydrogens is 306 g/mol. The Labute approximate surface area is 129 Å². The lowest BCUT2D eigenvalue weighted by Crippen LogP contribution is -2.25. The molecule has 0 aliphatic carbocycles. The zero-order valence-corrected chi connectivity index (χ0v) is 13.9. The Morgan fingerprint density at radius 3 is 2.57 bits per heavy atom. The number of benzene rings is 1. The molecule has 0 unspecified atom stereocenters. The van der Waals surface area contributed by atoms with Gasteiger partial charge in [-0.25, -0.2) is 18.1 Å². The Morgan fingerprint density at radius 1 is 1.29 bits per heavy atom. The quantitative estimate of drug-likeness (QED) is 0.827. The molecule has 0 saturated carbocycles. The number of hydrogen-bond donors (Lipinski definition) is 2. The van der Waals surface area contributed by atoms with E-state index in [-0.39, 0.29) is 11.4 Å². The predicted octanol–water partition coefficient (Wildman–Crippen LogP) is 2.38. The van der Waals surface area contributed by atoms with E-state index in [2.05, 4.69) is 9.71 Å². The minimum absolute atomic E-state index is 0.162. The Hall–Kier alpha value is -1.44. The van der Waals surface area contributed by atoms with E-state index in [0.717, 1.165) is 21.9 Å². The summed E-state index contributed by atoms with van der Waals surface area (Å²) >= 11 is 1.51. The molecule has 0 bridgehead atoms. The summed E-state index contributed by atoms with van der Waals surface area (Å²) in [5, 5.41) is 0.749. The molecule has 5 nitrogen and oxygen atoms in total. The van der Waals surface area contributed by atoms with E-state index in [9.17, 15) is 8.42 Å². The molecule has 0 amide bonds. The van der Waals surface area contributed by atoms with Crippen LogP contribution in [0, 0.1) is 13.8 Å². The lowest BCUT2D eigenvalue weighted by atomic mass is 10.1. The van der Waals surface area contributed by atoms with E-state index in [1.165, 1.54) is 11.3 Å². The molecule has 1 aromatic heterocycles. The van der Waals surface area contributed by atoms with Crippen molar-refractivity contribution in [2.45, 2.75) is 38.6 Å². The molecule has 0 aliphatic heterocycles. The number of rotatable bonds is 5. The summed E-state index contributed by atoms with van der Waals surface area (Å²) in [4.78, 5) is 5.50. The number of aromatic nitrogens is 1. The van der Waals surface area contributed by atoms with Crippen molar-refractivity contribution in [2.75, 3.05) is 5.73 Å². The van der Waals surface area contributed by atoms with Crippen molar-refractivity contribution in [1.29, 1.82) is 0 Å². The average molecular weight is 325 g/mol. The van der Waals surface area contributed by atoms with Gasteiger partial charge in [-0.3, -0.25) is 0 Å². The third kappa shape index (κ3) is 3.42. The smallest absolute Gasteiger partial charge is 0.243 e. The van der Waals surface area contributed by atoms with E-state index in [0.29, 0.717) is 11.3 Å². The average Bonchev–Trinajstić information content (AvgIpc) is 2.89. The van der Waals surface area contributed by atoms with Crippen molar-refractivity contribution >= 4 is 27.0 Å². The molecule has 1 heterocycles. The summed E-state index contributed by atoms with van der Waals surface area (Å²) < 4.78 is 27.5. The molecule has 21 heavy (non-hydrogen) atoms. The van der Waals surface area contributed by atoms with Crippen LogP contribution in [0.5, 0.6) is 0 Å². The van der Waals surface area contributed by atoms with Crippen LogP contribution < -0.4 is 10.5 Å². The molecule has 2 aromatic rings. The largest absolute Gasteiger partial charge is 0.397 e. The highest BCUT2D eigenvalue weighted by atomic mass is 32.2. The third-order valence-electron chi connectivity index (χ3n) is 3.24. The second-order valence-electron chi connectivity index (χ2n) is 4.84. The second kappa shape index (κ2) is 6.13. The van der Waals surface area contributed by atoms with Crippen molar-refractivity contribution in [3.8, 4) is 0 Å². The van der Waals surface area contributed by atoms with Gasteiger partial charge in [0.25, 0.3) is 0 Å². The van der Waals surface area contributed by atoms with Crippen LogP contribution >= 0.6 is 11.3 Å². The molecule has 2 rings (SSSR count). The van der Waals surface area contributed by atoms with Crippen LogP contribution in [0.4, 0.5) is 5.69 Å². The number of anilines is 1. The van der Waals surface area contributed by atoms with Gasteiger partial charge in [0.1, 0.15) is 9.90 Å². The number of nitrogen functional groups attached to an aromatic ring is 1. The van der Waals surface area contributed by atoms with E-state index in [4.69, 9.17) is 5.73 Å². The summed E-state index contributed by atoms with van der Waals surface area (Å²) in [5.74, 6) is 0. The molecule has 0 saturated heterocycles. The third-order valence-corrected chi connectivity index (χ3v) is 5.99. The summed E-state index contributed by atoms with van der Waals surface area (Å²) in [7, 11) is -3.65. The monoisotopic (exact) mass is 325 g/mol. The van der Waals surface area contributed by atoms with Crippen molar-refractivity contribution in [1.82, 2.24) is 9.71 Å². The van der Waals surface area contributed by atoms with Crippen LogP contribution in [0.15, 0.2) is 23.2 Å². The summed E-state index contributed by atoms with van der Waals surface area (Å²) in [6, 6.07) is 3.58. The molecule has 0 aliphatic rings. The number of nitrogens with one attached hydrogen (secondary N) is 1. The minimum Gasteiger partial charge on any atom is -0.397 e.